The number of carbonyl (C=O) groups is 1. The van der Waals surface area contributed by atoms with Gasteiger partial charge in [0.2, 0.25) is 0 Å². The Bertz CT molecular complexity index is 516. The number of nitrogens with zero attached hydrogens (tertiary/aromatic N) is 3. The second-order valence-electron chi connectivity index (χ2n) is 3.66. The zero-order valence-corrected chi connectivity index (χ0v) is 8.51. The molecular weight excluding hydrogens is 194 g/mol. The van der Waals surface area contributed by atoms with Gasteiger partial charge in [0.15, 0.2) is 0 Å². The molecule has 5 heteroatoms. The van der Waals surface area contributed by atoms with Crippen molar-refractivity contribution < 1.29 is 9.90 Å². The van der Waals surface area contributed by atoms with Crippen molar-refractivity contribution in [1.82, 2.24) is 14.6 Å². The van der Waals surface area contributed by atoms with Crippen LogP contribution < -0.4 is 0 Å². The van der Waals surface area contributed by atoms with Gasteiger partial charge in [-0.05, 0) is 11.5 Å². The van der Waals surface area contributed by atoms with Crippen LogP contribution in [0.25, 0.3) is 5.52 Å². The molecule has 0 atom stereocenters. The molecule has 0 saturated carbocycles. The molecule has 0 aliphatic rings. The van der Waals surface area contributed by atoms with Gasteiger partial charge in [0.05, 0.1) is 17.3 Å². The summed E-state index contributed by atoms with van der Waals surface area (Å²) in [5.41, 5.74) is 1.83. The zero-order chi connectivity index (χ0) is 11.0. The molecule has 2 aromatic heterocycles. The highest BCUT2D eigenvalue weighted by atomic mass is 16.4. The van der Waals surface area contributed by atoms with Crippen LogP contribution in [0, 0.1) is 0 Å². The second kappa shape index (κ2) is 3.34. The van der Waals surface area contributed by atoms with Gasteiger partial charge in [0, 0.05) is 6.20 Å². The lowest BCUT2D eigenvalue weighted by molar-refractivity contribution is 0.0695. The average Bonchev–Trinajstić information content (AvgIpc) is 2.56. The topological polar surface area (TPSA) is 67.5 Å². The van der Waals surface area contributed by atoms with E-state index in [9.17, 15) is 4.79 Å². The summed E-state index contributed by atoms with van der Waals surface area (Å²) < 4.78 is 1.55. The molecule has 2 heterocycles. The minimum absolute atomic E-state index is 0.132. The molecule has 0 saturated heterocycles. The largest absolute Gasteiger partial charge is 0.478 e. The molecule has 0 spiro atoms. The number of hydrogen-bond acceptors (Lipinski definition) is 3. The summed E-state index contributed by atoms with van der Waals surface area (Å²) in [6, 6.07) is 0. The Kier molecular flexibility index (Phi) is 2.15. The lowest BCUT2D eigenvalue weighted by atomic mass is 10.0. The molecule has 0 radical (unpaired) electrons. The predicted molar refractivity (Wildman–Crippen MR) is 54.0 cm³/mol. The highest BCUT2D eigenvalue weighted by Gasteiger charge is 2.19. The lowest BCUT2D eigenvalue weighted by Crippen LogP contribution is -2.00. The number of aromatic carboxylic acids is 1. The molecule has 2 rings (SSSR count). The van der Waals surface area contributed by atoms with Crippen LogP contribution in [0.2, 0.25) is 0 Å². The van der Waals surface area contributed by atoms with Crippen LogP contribution in [0.1, 0.15) is 35.7 Å². The average molecular weight is 205 g/mol. The van der Waals surface area contributed by atoms with Crippen LogP contribution in [0.15, 0.2) is 18.7 Å². The first-order valence-electron chi connectivity index (χ1n) is 4.65. The van der Waals surface area contributed by atoms with Crippen LogP contribution in [0.4, 0.5) is 0 Å². The quantitative estimate of drug-likeness (QED) is 0.807. The Hall–Kier alpha value is -1.91. The normalized spacial score (nSPS) is 11.1. The molecule has 0 aliphatic carbocycles. The molecule has 0 aliphatic heterocycles. The van der Waals surface area contributed by atoms with Gasteiger partial charge in [-0.2, -0.15) is 5.10 Å². The number of aromatic nitrogens is 3. The summed E-state index contributed by atoms with van der Waals surface area (Å²) in [5.74, 6) is -0.795. The standard InChI is InChI=1S/C10H11N3O2/c1-6(2)9-7(10(14)15)4-13-8(9)3-11-5-12-13/h3-6H,1-2H3,(H,14,15). The smallest absolute Gasteiger partial charge is 0.337 e. The van der Waals surface area contributed by atoms with Crippen molar-refractivity contribution in [2.75, 3.05) is 0 Å². The van der Waals surface area contributed by atoms with Crippen LogP contribution in [0.5, 0.6) is 0 Å². The third kappa shape index (κ3) is 1.45. The number of hydrogen-bond donors (Lipinski definition) is 1. The summed E-state index contributed by atoms with van der Waals surface area (Å²) in [4.78, 5) is 14.9. The van der Waals surface area contributed by atoms with E-state index in [-0.39, 0.29) is 5.92 Å². The van der Waals surface area contributed by atoms with Gasteiger partial charge in [-0.3, -0.25) is 0 Å². The van der Waals surface area contributed by atoms with Crippen molar-refractivity contribution in [2.24, 2.45) is 0 Å². The first-order valence-corrected chi connectivity index (χ1v) is 4.65. The number of carboxylic acids is 1. The van der Waals surface area contributed by atoms with Gasteiger partial charge in [-0.25, -0.2) is 14.3 Å². The maximum Gasteiger partial charge on any atom is 0.337 e. The number of fused-ring (bicyclic) bond motifs is 1. The van der Waals surface area contributed by atoms with Gasteiger partial charge in [0.25, 0.3) is 0 Å². The molecule has 0 unspecified atom stereocenters. The SMILES string of the molecule is CC(C)c1c(C(=O)O)cn2ncncc12. The summed E-state index contributed by atoms with van der Waals surface area (Å²) in [7, 11) is 0. The summed E-state index contributed by atoms with van der Waals surface area (Å²) in [6.45, 7) is 3.91. The Morgan fingerprint density at radius 3 is 2.87 bits per heavy atom. The molecule has 0 aromatic carbocycles. The fraction of sp³-hybridized carbons (Fsp3) is 0.300. The molecule has 0 fully saturated rings. The molecule has 2 aromatic rings. The summed E-state index contributed by atoms with van der Waals surface area (Å²) in [5, 5.41) is 13.0. The Morgan fingerprint density at radius 1 is 1.53 bits per heavy atom. The van der Waals surface area contributed by atoms with Crippen molar-refractivity contribution in [2.45, 2.75) is 19.8 Å². The van der Waals surface area contributed by atoms with E-state index in [1.165, 1.54) is 12.5 Å². The van der Waals surface area contributed by atoms with Crippen LogP contribution in [-0.4, -0.2) is 25.7 Å². The van der Waals surface area contributed by atoms with Gasteiger partial charge >= 0.3 is 5.97 Å². The van der Waals surface area contributed by atoms with E-state index < -0.39 is 5.97 Å². The molecule has 0 amide bonds. The van der Waals surface area contributed by atoms with Crippen molar-refractivity contribution >= 4 is 11.5 Å². The van der Waals surface area contributed by atoms with E-state index in [2.05, 4.69) is 10.1 Å². The van der Waals surface area contributed by atoms with Gasteiger partial charge in [-0.15, -0.1) is 0 Å². The first-order chi connectivity index (χ1) is 7.11. The molecule has 0 bridgehead atoms. The van der Waals surface area contributed by atoms with E-state index >= 15 is 0 Å². The maximum absolute atomic E-state index is 11.0. The van der Waals surface area contributed by atoms with Crippen LogP contribution in [0.3, 0.4) is 0 Å². The van der Waals surface area contributed by atoms with E-state index in [1.54, 1.807) is 10.7 Å². The number of carboxylic acid groups (broad SMARTS) is 1. The van der Waals surface area contributed by atoms with Gasteiger partial charge < -0.3 is 5.11 Å². The van der Waals surface area contributed by atoms with E-state index in [1.807, 2.05) is 13.8 Å². The third-order valence-corrected chi connectivity index (χ3v) is 2.31. The van der Waals surface area contributed by atoms with E-state index in [0.29, 0.717) is 5.56 Å². The zero-order valence-electron chi connectivity index (χ0n) is 8.51. The fourth-order valence-electron chi connectivity index (χ4n) is 1.71. The van der Waals surface area contributed by atoms with Gasteiger partial charge in [-0.1, -0.05) is 13.8 Å². The Balaban J connectivity index is 2.80. The minimum Gasteiger partial charge on any atom is -0.478 e. The molecule has 15 heavy (non-hydrogen) atoms. The molecule has 5 nitrogen and oxygen atoms in total. The highest BCUT2D eigenvalue weighted by Crippen LogP contribution is 2.25. The second-order valence-corrected chi connectivity index (χ2v) is 3.66. The fourth-order valence-corrected chi connectivity index (χ4v) is 1.71. The predicted octanol–water partition coefficient (Wildman–Crippen LogP) is 1.55. The molecule has 1 N–H and O–H groups in total. The van der Waals surface area contributed by atoms with Crippen LogP contribution in [-0.2, 0) is 0 Å². The summed E-state index contributed by atoms with van der Waals surface area (Å²) >= 11 is 0. The Labute approximate surface area is 86.4 Å². The van der Waals surface area contributed by atoms with Gasteiger partial charge in [0.1, 0.15) is 6.33 Å². The lowest BCUT2D eigenvalue weighted by Gasteiger charge is -2.04. The van der Waals surface area contributed by atoms with E-state index in [0.717, 1.165) is 11.1 Å². The van der Waals surface area contributed by atoms with Crippen molar-refractivity contribution in [1.29, 1.82) is 0 Å². The summed E-state index contributed by atoms with van der Waals surface area (Å²) in [6.07, 6.45) is 4.55. The van der Waals surface area contributed by atoms with Crippen molar-refractivity contribution in [3.63, 3.8) is 0 Å². The van der Waals surface area contributed by atoms with E-state index in [4.69, 9.17) is 5.11 Å². The molecule has 78 valence electrons. The molecular formula is C10H11N3O2. The highest BCUT2D eigenvalue weighted by molar-refractivity contribution is 5.92. The number of rotatable bonds is 2. The monoisotopic (exact) mass is 205 g/mol. The first kappa shape index (κ1) is 9.64. The Morgan fingerprint density at radius 2 is 2.27 bits per heavy atom. The van der Waals surface area contributed by atoms with Crippen LogP contribution >= 0.6 is 0 Å². The minimum atomic E-state index is -0.927. The van der Waals surface area contributed by atoms with Crippen molar-refractivity contribution in [3.8, 4) is 0 Å². The maximum atomic E-state index is 11.0. The third-order valence-electron chi connectivity index (χ3n) is 2.31. The van der Waals surface area contributed by atoms with Crippen molar-refractivity contribution in [3.05, 3.63) is 29.8 Å².